The van der Waals surface area contributed by atoms with Gasteiger partial charge in [-0.05, 0) is 62.2 Å². The number of aryl methyl sites for hydroxylation is 1. The lowest BCUT2D eigenvalue weighted by molar-refractivity contribution is -0.121. The molecule has 1 fully saturated rings. The second kappa shape index (κ2) is 8.35. The number of anilines is 1. The SMILES string of the molecule is Cc1ccc2c(CN3CCC(C(=O)Nc4ccc(Cl)cn4)CC3)cc(=O)oc2c1. The standard InChI is InChI=1S/C22H22ClN3O3/c1-14-2-4-18-16(11-21(27)29-19(18)10-14)13-26-8-6-15(7-9-26)22(28)25-20-5-3-17(23)12-24-20/h2-5,10-12,15H,6-9,13H2,1H3,(H,24,25,28). The van der Waals surface area contributed by atoms with Crippen LogP contribution in [0.4, 0.5) is 5.82 Å². The van der Waals surface area contributed by atoms with E-state index in [4.69, 9.17) is 16.0 Å². The van der Waals surface area contributed by atoms with E-state index in [2.05, 4.69) is 15.2 Å². The molecule has 29 heavy (non-hydrogen) atoms. The van der Waals surface area contributed by atoms with Gasteiger partial charge in [0.05, 0.1) is 5.02 Å². The Morgan fingerprint density at radius 2 is 2.03 bits per heavy atom. The average Bonchev–Trinajstić information content (AvgIpc) is 2.69. The molecule has 1 aromatic carbocycles. The third-order valence-electron chi connectivity index (χ3n) is 5.32. The fraction of sp³-hybridized carbons (Fsp3) is 0.318. The van der Waals surface area contributed by atoms with E-state index in [-0.39, 0.29) is 17.5 Å². The van der Waals surface area contributed by atoms with Gasteiger partial charge in [-0.2, -0.15) is 0 Å². The van der Waals surface area contributed by atoms with E-state index in [1.54, 1.807) is 18.2 Å². The summed E-state index contributed by atoms with van der Waals surface area (Å²) in [5, 5.41) is 4.36. The summed E-state index contributed by atoms with van der Waals surface area (Å²) in [6.07, 6.45) is 3.04. The number of pyridine rings is 1. The van der Waals surface area contributed by atoms with Gasteiger partial charge in [-0.1, -0.05) is 23.7 Å². The molecule has 2 aromatic heterocycles. The highest BCUT2D eigenvalue weighted by Crippen LogP contribution is 2.24. The molecule has 150 valence electrons. The van der Waals surface area contributed by atoms with Gasteiger partial charge in [-0.15, -0.1) is 0 Å². The number of rotatable bonds is 4. The van der Waals surface area contributed by atoms with Gasteiger partial charge in [0, 0.05) is 30.1 Å². The molecule has 3 heterocycles. The number of benzene rings is 1. The monoisotopic (exact) mass is 411 g/mol. The molecule has 0 atom stereocenters. The normalized spacial score (nSPS) is 15.5. The van der Waals surface area contributed by atoms with Gasteiger partial charge in [-0.3, -0.25) is 9.69 Å². The molecule has 4 rings (SSSR count). The number of hydrogen-bond donors (Lipinski definition) is 1. The predicted octanol–water partition coefficient (Wildman–Crippen LogP) is 4.00. The van der Waals surface area contributed by atoms with E-state index >= 15 is 0 Å². The molecule has 0 unspecified atom stereocenters. The Morgan fingerprint density at radius 1 is 1.24 bits per heavy atom. The minimum absolute atomic E-state index is 0.0132. The van der Waals surface area contributed by atoms with Crippen molar-refractivity contribution in [2.75, 3.05) is 18.4 Å². The molecular weight excluding hydrogens is 390 g/mol. The second-order valence-electron chi connectivity index (χ2n) is 7.49. The van der Waals surface area contributed by atoms with Gasteiger partial charge in [0.1, 0.15) is 11.4 Å². The first-order chi connectivity index (χ1) is 14.0. The van der Waals surface area contributed by atoms with Gasteiger partial charge in [0.15, 0.2) is 0 Å². The average molecular weight is 412 g/mol. The molecule has 1 aliphatic rings. The number of fused-ring (bicyclic) bond motifs is 1. The van der Waals surface area contributed by atoms with Gasteiger partial charge in [-0.25, -0.2) is 9.78 Å². The minimum Gasteiger partial charge on any atom is -0.423 e. The van der Waals surface area contributed by atoms with Crippen molar-refractivity contribution in [2.45, 2.75) is 26.3 Å². The molecule has 6 nitrogen and oxygen atoms in total. The Kier molecular flexibility index (Phi) is 5.65. The number of likely N-dealkylation sites (tertiary alicyclic amines) is 1. The Bertz CT molecular complexity index is 1090. The Hall–Kier alpha value is -2.70. The van der Waals surface area contributed by atoms with Crippen LogP contribution in [0.5, 0.6) is 0 Å². The summed E-state index contributed by atoms with van der Waals surface area (Å²) in [6.45, 7) is 4.22. The summed E-state index contributed by atoms with van der Waals surface area (Å²) >= 11 is 5.83. The molecule has 3 aromatic rings. The van der Waals surface area contributed by atoms with Crippen molar-refractivity contribution in [1.82, 2.24) is 9.88 Å². The van der Waals surface area contributed by atoms with Crippen molar-refractivity contribution >= 4 is 34.3 Å². The molecule has 1 aliphatic heterocycles. The maximum atomic E-state index is 12.5. The fourth-order valence-corrected chi connectivity index (χ4v) is 3.85. The summed E-state index contributed by atoms with van der Waals surface area (Å²) in [6, 6.07) is 10.9. The molecular formula is C22H22ClN3O3. The molecule has 0 spiro atoms. The number of halogens is 1. The summed E-state index contributed by atoms with van der Waals surface area (Å²) in [5.74, 6) is 0.448. The number of aromatic nitrogens is 1. The number of hydrogen-bond acceptors (Lipinski definition) is 5. The fourth-order valence-electron chi connectivity index (χ4n) is 3.74. The number of carbonyl (C=O) groups is 1. The minimum atomic E-state index is -0.331. The summed E-state index contributed by atoms with van der Waals surface area (Å²) < 4.78 is 5.34. The second-order valence-corrected chi connectivity index (χ2v) is 7.93. The van der Waals surface area contributed by atoms with Crippen LogP contribution in [-0.2, 0) is 11.3 Å². The van der Waals surface area contributed by atoms with Gasteiger partial charge >= 0.3 is 5.63 Å². The van der Waals surface area contributed by atoms with Crippen molar-refractivity contribution in [3.63, 3.8) is 0 Å². The first-order valence-electron chi connectivity index (χ1n) is 9.66. The van der Waals surface area contributed by atoms with Gasteiger partial charge in [0.25, 0.3) is 0 Å². The lowest BCUT2D eigenvalue weighted by Crippen LogP contribution is -2.38. The Balaban J connectivity index is 1.39. The predicted molar refractivity (Wildman–Crippen MR) is 113 cm³/mol. The van der Waals surface area contributed by atoms with E-state index in [0.717, 1.165) is 42.4 Å². The van der Waals surface area contributed by atoms with E-state index < -0.39 is 0 Å². The number of piperidine rings is 1. The highest BCUT2D eigenvalue weighted by Gasteiger charge is 2.25. The lowest BCUT2D eigenvalue weighted by Gasteiger charge is -2.31. The highest BCUT2D eigenvalue weighted by molar-refractivity contribution is 6.30. The van der Waals surface area contributed by atoms with E-state index in [1.165, 1.54) is 6.20 Å². The maximum Gasteiger partial charge on any atom is 0.336 e. The molecule has 7 heteroatoms. The first kappa shape index (κ1) is 19.6. The van der Waals surface area contributed by atoms with Crippen molar-refractivity contribution in [1.29, 1.82) is 0 Å². The summed E-state index contributed by atoms with van der Waals surface area (Å²) in [5.41, 5.74) is 2.31. The quantitative estimate of drug-likeness (QED) is 0.657. The van der Waals surface area contributed by atoms with Crippen LogP contribution in [0.2, 0.25) is 5.02 Å². The van der Waals surface area contributed by atoms with Crippen LogP contribution in [0.25, 0.3) is 11.0 Å². The van der Waals surface area contributed by atoms with E-state index in [1.807, 2.05) is 25.1 Å². The van der Waals surface area contributed by atoms with Crippen molar-refractivity contribution in [3.8, 4) is 0 Å². The van der Waals surface area contributed by atoms with Crippen LogP contribution in [0, 0.1) is 12.8 Å². The highest BCUT2D eigenvalue weighted by atomic mass is 35.5. The first-order valence-corrected chi connectivity index (χ1v) is 10.0. The van der Waals surface area contributed by atoms with Crippen LogP contribution in [0.1, 0.15) is 24.0 Å². The third kappa shape index (κ3) is 4.66. The number of nitrogens with one attached hydrogen (secondary N) is 1. The van der Waals surface area contributed by atoms with Crippen molar-refractivity contribution in [2.24, 2.45) is 5.92 Å². The number of carbonyl (C=O) groups excluding carboxylic acids is 1. The molecule has 1 N–H and O–H groups in total. The largest absolute Gasteiger partial charge is 0.423 e. The molecule has 0 radical (unpaired) electrons. The Morgan fingerprint density at radius 3 is 2.76 bits per heavy atom. The number of amides is 1. The van der Waals surface area contributed by atoms with Crippen LogP contribution in [0.3, 0.4) is 0 Å². The lowest BCUT2D eigenvalue weighted by atomic mass is 9.95. The zero-order valence-corrected chi connectivity index (χ0v) is 16.9. The zero-order chi connectivity index (χ0) is 20.4. The molecule has 1 saturated heterocycles. The smallest absolute Gasteiger partial charge is 0.336 e. The van der Waals surface area contributed by atoms with E-state index in [9.17, 15) is 9.59 Å². The third-order valence-corrected chi connectivity index (χ3v) is 5.54. The zero-order valence-electron chi connectivity index (χ0n) is 16.2. The summed E-state index contributed by atoms with van der Waals surface area (Å²) in [7, 11) is 0. The van der Waals surface area contributed by atoms with E-state index in [0.29, 0.717) is 23.0 Å². The molecule has 0 bridgehead atoms. The Labute approximate surface area is 173 Å². The van der Waals surface area contributed by atoms with Crippen LogP contribution in [0.15, 0.2) is 51.8 Å². The van der Waals surface area contributed by atoms with Gasteiger partial charge < -0.3 is 9.73 Å². The van der Waals surface area contributed by atoms with Crippen LogP contribution in [-0.4, -0.2) is 28.9 Å². The molecule has 0 aliphatic carbocycles. The summed E-state index contributed by atoms with van der Waals surface area (Å²) in [4.78, 5) is 30.8. The van der Waals surface area contributed by atoms with Crippen molar-refractivity contribution in [3.05, 3.63) is 69.2 Å². The molecule has 0 saturated carbocycles. The van der Waals surface area contributed by atoms with Crippen LogP contribution >= 0.6 is 11.6 Å². The van der Waals surface area contributed by atoms with Crippen LogP contribution < -0.4 is 10.9 Å². The molecule has 1 amide bonds. The maximum absolute atomic E-state index is 12.5. The topological polar surface area (TPSA) is 75.4 Å². The number of nitrogens with zero attached hydrogens (tertiary/aromatic N) is 2. The van der Waals surface area contributed by atoms with Crippen molar-refractivity contribution < 1.29 is 9.21 Å². The van der Waals surface area contributed by atoms with Gasteiger partial charge in [0.2, 0.25) is 5.91 Å².